The third-order valence-electron chi connectivity index (χ3n) is 4.40. The van der Waals surface area contributed by atoms with Crippen LogP contribution in [0.3, 0.4) is 0 Å². The van der Waals surface area contributed by atoms with E-state index in [1.165, 1.54) is 0 Å². The Morgan fingerprint density at radius 3 is 2.85 bits per heavy atom. The maximum Gasteiger partial charge on any atom is 0.271 e. The van der Waals surface area contributed by atoms with E-state index >= 15 is 0 Å². The van der Waals surface area contributed by atoms with Crippen molar-refractivity contribution in [3.63, 3.8) is 0 Å². The van der Waals surface area contributed by atoms with Crippen LogP contribution in [0.2, 0.25) is 0 Å². The number of rotatable bonds is 6. The predicted octanol–water partition coefficient (Wildman–Crippen LogP) is 2.36. The van der Waals surface area contributed by atoms with E-state index in [2.05, 4.69) is 20.3 Å². The number of nitrogens with zero attached hydrogens (tertiary/aromatic N) is 4. The average molecular weight is 353 g/mol. The molecule has 2 N–H and O–H groups in total. The summed E-state index contributed by atoms with van der Waals surface area (Å²) in [5, 5.41) is 20.3. The fraction of sp³-hybridized carbons (Fsp3) is 0.333. The number of likely N-dealkylation sites (N-methyl/N-ethyl adjacent to an activating group) is 1. The van der Waals surface area contributed by atoms with Gasteiger partial charge in [0.15, 0.2) is 5.82 Å². The van der Waals surface area contributed by atoms with Crippen LogP contribution < -0.4 is 0 Å². The Bertz CT molecular complexity index is 911. The van der Waals surface area contributed by atoms with E-state index in [1.54, 1.807) is 42.3 Å². The van der Waals surface area contributed by atoms with Crippen molar-refractivity contribution in [2.75, 3.05) is 13.6 Å². The summed E-state index contributed by atoms with van der Waals surface area (Å²) in [6.45, 7) is 0.482. The Hall–Kier alpha value is -3.16. The molecule has 3 aromatic rings. The molecule has 8 nitrogen and oxygen atoms in total. The molecule has 1 amide bonds. The zero-order valence-electron chi connectivity index (χ0n) is 14.3. The van der Waals surface area contributed by atoms with Crippen molar-refractivity contribution in [1.82, 2.24) is 25.2 Å². The number of H-pyrrole nitrogens is 1. The number of phenols is 1. The average Bonchev–Trinajstić information content (AvgIpc) is 3.19. The second-order valence-corrected chi connectivity index (χ2v) is 6.51. The van der Waals surface area contributed by atoms with Gasteiger partial charge >= 0.3 is 0 Å². The zero-order valence-corrected chi connectivity index (χ0v) is 14.3. The number of phenolic OH excluding ortho intramolecular Hbond substituents is 1. The van der Waals surface area contributed by atoms with Crippen LogP contribution in [-0.4, -0.2) is 49.8 Å². The van der Waals surface area contributed by atoms with Crippen molar-refractivity contribution in [1.29, 1.82) is 0 Å². The van der Waals surface area contributed by atoms with Crippen molar-refractivity contribution in [2.45, 2.75) is 25.2 Å². The summed E-state index contributed by atoms with van der Waals surface area (Å²) in [7, 11) is 1.73. The largest absolute Gasteiger partial charge is 0.508 e. The first-order valence-electron chi connectivity index (χ1n) is 8.53. The molecule has 0 aliphatic heterocycles. The van der Waals surface area contributed by atoms with Gasteiger partial charge in [-0.25, -0.2) is 0 Å². The van der Waals surface area contributed by atoms with Gasteiger partial charge < -0.3 is 14.5 Å². The van der Waals surface area contributed by atoms with E-state index in [9.17, 15) is 9.90 Å². The number of aromatic amines is 1. The molecule has 1 aliphatic carbocycles. The molecular formula is C18H19N5O3. The van der Waals surface area contributed by atoms with Crippen molar-refractivity contribution in [3.8, 4) is 17.0 Å². The summed E-state index contributed by atoms with van der Waals surface area (Å²) in [5.41, 5.74) is 1.87. The molecule has 0 unspecified atom stereocenters. The van der Waals surface area contributed by atoms with Crippen LogP contribution in [-0.2, 0) is 6.42 Å². The van der Waals surface area contributed by atoms with Crippen molar-refractivity contribution in [2.24, 2.45) is 0 Å². The minimum absolute atomic E-state index is 0.159. The fourth-order valence-corrected chi connectivity index (χ4v) is 2.65. The number of hydrogen-bond acceptors (Lipinski definition) is 6. The minimum Gasteiger partial charge on any atom is -0.508 e. The van der Waals surface area contributed by atoms with Crippen molar-refractivity contribution < 1.29 is 14.4 Å². The summed E-state index contributed by atoms with van der Waals surface area (Å²) in [4.78, 5) is 18.5. The van der Waals surface area contributed by atoms with E-state index < -0.39 is 0 Å². The number of nitrogens with one attached hydrogen (secondary N) is 1. The molecule has 2 aromatic heterocycles. The Balaban J connectivity index is 1.37. The highest BCUT2D eigenvalue weighted by atomic mass is 16.5. The molecule has 26 heavy (non-hydrogen) atoms. The van der Waals surface area contributed by atoms with Crippen molar-refractivity contribution >= 4 is 5.91 Å². The lowest BCUT2D eigenvalue weighted by Crippen LogP contribution is -2.29. The van der Waals surface area contributed by atoms with E-state index in [-0.39, 0.29) is 11.7 Å². The lowest BCUT2D eigenvalue weighted by atomic mass is 10.1. The molecule has 4 rings (SSSR count). The summed E-state index contributed by atoms with van der Waals surface area (Å²) in [6.07, 6.45) is 2.77. The molecule has 0 atom stereocenters. The number of benzene rings is 1. The van der Waals surface area contributed by atoms with Gasteiger partial charge in [0.2, 0.25) is 5.89 Å². The van der Waals surface area contributed by atoms with Crippen LogP contribution >= 0.6 is 0 Å². The SMILES string of the molecule is CN(CCc1noc(C2CC2)n1)C(=O)c1cc(-c2ccc(O)cc2)n[nH]1. The number of aromatic hydroxyl groups is 1. The van der Waals surface area contributed by atoms with Gasteiger partial charge in [0.25, 0.3) is 5.91 Å². The van der Waals surface area contributed by atoms with Gasteiger partial charge in [-0.2, -0.15) is 10.1 Å². The van der Waals surface area contributed by atoms with Crippen LogP contribution in [0.15, 0.2) is 34.9 Å². The lowest BCUT2D eigenvalue weighted by Gasteiger charge is -2.14. The maximum atomic E-state index is 12.5. The second-order valence-electron chi connectivity index (χ2n) is 6.51. The van der Waals surface area contributed by atoms with E-state index in [0.717, 1.165) is 18.4 Å². The van der Waals surface area contributed by atoms with E-state index in [4.69, 9.17) is 4.52 Å². The third-order valence-corrected chi connectivity index (χ3v) is 4.40. The quantitative estimate of drug-likeness (QED) is 0.704. The van der Waals surface area contributed by atoms with Gasteiger partial charge in [0, 0.05) is 31.5 Å². The van der Waals surface area contributed by atoms with Crippen LogP contribution in [0.5, 0.6) is 5.75 Å². The van der Waals surface area contributed by atoms with Gasteiger partial charge in [-0.1, -0.05) is 5.16 Å². The molecule has 8 heteroatoms. The topological polar surface area (TPSA) is 108 Å². The number of aromatic nitrogens is 4. The molecule has 1 aliphatic rings. The molecule has 134 valence electrons. The maximum absolute atomic E-state index is 12.5. The molecule has 1 saturated carbocycles. The van der Waals surface area contributed by atoms with Crippen LogP contribution in [0.25, 0.3) is 11.3 Å². The monoisotopic (exact) mass is 353 g/mol. The fourth-order valence-electron chi connectivity index (χ4n) is 2.65. The molecule has 0 bridgehead atoms. The minimum atomic E-state index is -0.159. The molecule has 2 heterocycles. The zero-order chi connectivity index (χ0) is 18.1. The van der Waals surface area contributed by atoms with Gasteiger partial charge in [-0.15, -0.1) is 0 Å². The molecular weight excluding hydrogens is 334 g/mol. The summed E-state index contributed by atoms with van der Waals surface area (Å²) < 4.78 is 5.23. The molecule has 0 spiro atoms. The highest BCUT2D eigenvalue weighted by Crippen LogP contribution is 2.38. The molecule has 1 fully saturated rings. The first-order valence-corrected chi connectivity index (χ1v) is 8.53. The standard InChI is InChI=1S/C18H19N5O3/c1-23(9-8-16-19-17(26-22-16)12-2-3-12)18(25)15-10-14(20-21-15)11-4-6-13(24)7-5-11/h4-7,10,12,24H,2-3,8-9H2,1H3,(H,20,21). The van der Waals surface area contributed by atoms with E-state index in [1.807, 2.05) is 0 Å². The second kappa shape index (κ2) is 6.62. The van der Waals surface area contributed by atoms with Crippen LogP contribution in [0, 0.1) is 0 Å². The molecule has 0 radical (unpaired) electrons. The smallest absolute Gasteiger partial charge is 0.271 e. The number of amides is 1. The van der Waals surface area contributed by atoms with Gasteiger partial charge in [0.1, 0.15) is 11.4 Å². The highest BCUT2D eigenvalue weighted by Gasteiger charge is 2.29. The van der Waals surface area contributed by atoms with Gasteiger partial charge in [-0.3, -0.25) is 9.89 Å². The summed E-state index contributed by atoms with van der Waals surface area (Å²) in [6, 6.07) is 8.36. The van der Waals surface area contributed by atoms with Crippen LogP contribution in [0.1, 0.15) is 41.0 Å². The predicted molar refractivity (Wildman–Crippen MR) is 92.6 cm³/mol. The summed E-state index contributed by atoms with van der Waals surface area (Å²) in [5.74, 6) is 1.79. The van der Waals surface area contributed by atoms with Crippen molar-refractivity contribution in [3.05, 3.63) is 47.7 Å². The Kier molecular flexibility index (Phi) is 4.16. The Labute approximate surface area is 149 Å². The highest BCUT2D eigenvalue weighted by molar-refractivity contribution is 5.93. The van der Waals surface area contributed by atoms with Gasteiger partial charge in [-0.05, 0) is 43.2 Å². The molecule has 0 saturated heterocycles. The Morgan fingerprint density at radius 2 is 2.12 bits per heavy atom. The van der Waals surface area contributed by atoms with Crippen LogP contribution in [0.4, 0.5) is 0 Å². The lowest BCUT2D eigenvalue weighted by molar-refractivity contribution is 0.0790. The first-order chi connectivity index (χ1) is 12.6. The number of carbonyl (C=O) groups excluding carboxylic acids is 1. The Morgan fingerprint density at radius 1 is 1.35 bits per heavy atom. The van der Waals surface area contributed by atoms with Gasteiger partial charge in [0.05, 0.1) is 5.69 Å². The third kappa shape index (κ3) is 3.44. The van der Waals surface area contributed by atoms with E-state index in [0.29, 0.717) is 42.0 Å². The normalized spacial score (nSPS) is 13.7. The first kappa shape index (κ1) is 16.3. The summed E-state index contributed by atoms with van der Waals surface area (Å²) >= 11 is 0. The number of carbonyl (C=O) groups is 1. The number of hydrogen-bond donors (Lipinski definition) is 2. The molecule has 1 aromatic carbocycles.